The van der Waals surface area contributed by atoms with Crippen LogP contribution in [0.15, 0.2) is 18.5 Å². The van der Waals surface area contributed by atoms with E-state index in [0.717, 1.165) is 4.09 Å². The van der Waals surface area contributed by atoms with Crippen LogP contribution in [0.4, 0.5) is 0 Å². The Morgan fingerprint density at radius 2 is 2.50 bits per heavy atom. The monoisotopic (exact) mass is 131 g/mol. The maximum Gasteiger partial charge on any atom is 0.0684 e. The van der Waals surface area contributed by atoms with E-state index >= 15 is 0 Å². The summed E-state index contributed by atoms with van der Waals surface area (Å²) in [7, 11) is 0. The smallest absolute Gasteiger partial charge is 0.0684 e. The van der Waals surface area contributed by atoms with Gasteiger partial charge < -0.3 is 4.55 Å². The second-order valence-electron chi connectivity index (χ2n) is 1.13. The minimum Gasteiger partial charge on any atom is -0.754 e. The Labute approximate surface area is 48.6 Å². The summed E-state index contributed by atoms with van der Waals surface area (Å²) in [4.78, 5) is 0. The van der Waals surface area contributed by atoms with Crippen molar-refractivity contribution in [1.29, 1.82) is 0 Å². The fourth-order valence-corrected chi connectivity index (χ4v) is 0.644. The summed E-state index contributed by atoms with van der Waals surface area (Å²) in [5.41, 5.74) is 0. The van der Waals surface area contributed by atoms with Gasteiger partial charge in [0.1, 0.15) is 0 Å². The zero-order valence-electron chi connectivity index (χ0n) is 3.85. The second-order valence-corrected chi connectivity index (χ2v) is 1.93. The Kier molecular flexibility index (Phi) is 1.40. The Morgan fingerprint density at radius 1 is 1.75 bits per heavy atom. The first kappa shape index (κ1) is 5.46. The summed E-state index contributed by atoms with van der Waals surface area (Å²) in [6, 6.07) is 1.54. The molecule has 0 aliphatic rings. The zero-order valence-corrected chi connectivity index (χ0v) is 4.67. The third-order valence-corrected chi connectivity index (χ3v) is 1.15. The third kappa shape index (κ3) is 0.932. The van der Waals surface area contributed by atoms with Crippen LogP contribution in [0, 0.1) is 0 Å². The van der Waals surface area contributed by atoms with Gasteiger partial charge in [-0.3, -0.25) is 4.21 Å². The van der Waals surface area contributed by atoms with Gasteiger partial charge in [-0.25, -0.2) is 0 Å². The molecule has 0 radical (unpaired) electrons. The van der Waals surface area contributed by atoms with E-state index in [1.54, 1.807) is 0 Å². The number of aromatic nitrogens is 2. The number of hydrogen-bond acceptors (Lipinski definition) is 3. The molecule has 0 aliphatic heterocycles. The lowest BCUT2D eigenvalue weighted by atomic mass is 10.8. The quantitative estimate of drug-likeness (QED) is 0.484. The predicted molar refractivity (Wildman–Crippen MR) is 26.5 cm³/mol. The number of nitrogens with zero attached hydrogens (tertiary/aromatic N) is 2. The van der Waals surface area contributed by atoms with Gasteiger partial charge >= 0.3 is 0 Å². The molecule has 0 spiro atoms. The largest absolute Gasteiger partial charge is 0.754 e. The Balaban J connectivity index is 2.93. The standard InChI is InChI=1S/C3H4N2O2S/c6-8(7)5-3-1-2-4-5/h1-3H,(H,6,7)/p-1. The molecule has 44 valence electrons. The molecule has 8 heavy (non-hydrogen) atoms. The Morgan fingerprint density at radius 3 is 2.75 bits per heavy atom. The van der Waals surface area contributed by atoms with Crippen molar-refractivity contribution >= 4 is 11.3 Å². The van der Waals surface area contributed by atoms with Crippen LogP contribution in [0.3, 0.4) is 0 Å². The van der Waals surface area contributed by atoms with Crippen LogP contribution < -0.4 is 0 Å². The van der Waals surface area contributed by atoms with Gasteiger partial charge in [-0.2, -0.15) is 9.19 Å². The van der Waals surface area contributed by atoms with Crippen LogP contribution in [0.25, 0.3) is 0 Å². The highest BCUT2D eigenvalue weighted by Crippen LogP contribution is 1.82. The third-order valence-electron chi connectivity index (χ3n) is 0.633. The molecule has 0 bridgehead atoms. The van der Waals surface area contributed by atoms with Crippen molar-refractivity contribution in [1.82, 2.24) is 9.19 Å². The fraction of sp³-hybridized carbons (Fsp3) is 0. The molecule has 0 saturated heterocycles. The molecule has 1 aromatic rings. The molecule has 0 amide bonds. The van der Waals surface area contributed by atoms with Gasteiger partial charge in [0.15, 0.2) is 0 Å². The summed E-state index contributed by atoms with van der Waals surface area (Å²) < 4.78 is 20.8. The van der Waals surface area contributed by atoms with Gasteiger partial charge in [0.25, 0.3) is 0 Å². The van der Waals surface area contributed by atoms with Crippen LogP contribution in [0.2, 0.25) is 0 Å². The Bertz CT molecular complexity index is 183. The van der Waals surface area contributed by atoms with Crippen molar-refractivity contribution in [2.75, 3.05) is 0 Å². The van der Waals surface area contributed by atoms with E-state index in [9.17, 15) is 8.76 Å². The molecule has 1 unspecified atom stereocenters. The highest BCUT2D eigenvalue weighted by Gasteiger charge is 1.82. The maximum absolute atomic E-state index is 9.96. The van der Waals surface area contributed by atoms with Crippen molar-refractivity contribution in [3.63, 3.8) is 0 Å². The van der Waals surface area contributed by atoms with Gasteiger partial charge in [0, 0.05) is 6.20 Å². The van der Waals surface area contributed by atoms with Gasteiger partial charge in [-0.1, -0.05) is 0 Å². The normalized spacial score (nSPS) is 13.6. The lowest BCUT2D eigenvalue weighted by Crippen LogP contribution is -2.01. The summed E-state index contributed by atoms with van der Waals surface area (Å²) in [6.45, 7) is 0. The van der Waals surface area contributed by atoms with Crippen molar-refractivity contribution in [3.8, 4) is 0 Å². The predicted octanol–water partition coefficient (Wildman–Crippen LogP) is -0.475. The van der Waals surface area contributed by atoms with E-state index in [2.05, 4.69) is 5.10 Å². The van der Waals surface area contributed by atoms with Crippen LogP contribution in [0.1, 0.15) is 0 Å². The first-order valence-corrected chi connectivity index (χ1v) is 2.93. The van der Waals surface area contributed by atoms with E-state index < -0.39 is 11.3 Å². The second kappa shape index (κ2) is 2.06. The molecule has 1 atom stereocenters. The summed E-state index contributed by atoms with van der Waals surface area (Å²) in [6.07, 6.45) is 2.75. The molecular formula is C3H3N2O2S-. The van der Waals surface area contributed by atoms with E-state index in [-0.39, 0.29) is 0 Å². The molecule has 0 aliphatic carbocycles. The first-order valence-electron chi connectivity index (χ1n) is 1.90. The topological polar surface area (TPSA) is 57.9 Å². The SMILES string of the molecule is O=S([O-])n1cccn1. The molecule has 0 N–H and O–H groups in total. The van der Waals surface area contributed by atoms with E-state index in [1.807, 2.05) is 0 Å². The number of hydrogen-bond donors (Lipinski definition) is 0. The van der Waals surface area contributed by atoms with Gasteiger partial charge in [-0.05, 0) is 6.07 Å². The van der Waals surface area contributed by atoms with Gasteiger partial charge in [0.2, 0.25) is 0 Å². The first-order chi connectivity index (χ1) is 3.80. The van der Waals surface area contributed by atoms with E-state index in [0.29, 0.717) is 0 Å². The highest BCUT2D eigenvalue weighted by atomic mass is 32.2. The zero-order chi connectivity index (χ0) is 5.98. The van der Waals surface area contributed by atoms with E-state index in [1.165, 1.54) is 18.5 Å². The molecule has 0 aromatic carbocycles. The maximum atomic E-state index is 9.96. The fourth-order valence-electron chi connectivity index (χ4n) is 0.343. The van der Waals surface area contributed by atoms with Crippen LogP contribution in [-0.2, 0) is 11.3 Å². The summed E-state index contributed by atoms with van der Waals surface area (Å²) >= 11 is -2.24. The molecule has 1 aromatic heterocycles. The molecular weight excluding hydrogens is 128 g/mol. The van der Waals surface area contributed by atoms with Crippen LogP contribution >= 0.6 is 0 Å². The minimum atomic E-state index is -2.24. The van der Waals surface area contributed by atoms with Crippen molar-refractivity contribution in [2.24, 2.45) is 0 Å². The molecule has 1 heterocycles. The minimum absolute atomic E-state index is 0.833. The lowest BCUT2D eigenvalue weighted by molar-refractivity contribution is 0.521. The highest BCUT2D eigenvalue weighted by molar-refractivity contribution is 7.77. The summed E-state index contributed by atoms with van der Waals surface area (Å²) in [5, 5.41) is 3.42. The van der Waals surface area contributed by atoms with Crippen molar-refractivity contribution in [2.45, 2.75) is 0 Å². The molecule has 5 heteroatoms. The van der Waals surface area contributed by atoms with Gasteiger partial charge in [0.05, 0.1) is 17.5 Å². The van der Waals surface area contributed by atoms with Crippen molar-refractivity contribution < 1.29 is 8.76 Å². The lowest BCUT2D eigenvalue weighted by Gasteiger charge is -2.00. The molecule has 0 fully saturated rings. The van der Waals surface area contributed by atoms with Crippen molar-refractivity contribution in [3.05, 3.63) is 18.5 Å². The van der Waals surface area contributed by atoms with E-state index in [4.69, 9.17) is 0 Å². The summed E-state index contributed by atoms with van der Waals surface area (Å²) in [5.74, 6) is 0. The molecule has 0 saturated carbocycles. The molecule has 1 rings (SSSR count). The molecule has 4 nitrogen and oxygen atoms in total. The average Bonchev–Trinajstić information content (AvgIpc) is 2.12. The van der Waals surface area contributed by atoms with Crippen LogP contribution in [-0.4, -0.2) is 17.9 Å². The number of rotatable bonds is 1. The van der Waals surface area contributed by atoms with Gasteiger partial charge in [-0.15, -0.1) is 0 Å². The van der Waals surface area contributed by atoms with Crippen LogP contribution in [0.5, 0.6) is 0 Å². The average molecular weight is 131 g/mol. The Hall–Kier alpha value is -0.680.